The van der Waals surface area contributed by atoms with Gasteiger partial charge in [0.15, 0.2) is 0 Å². The summed E-state index contributed by atoms with van der Waals surface area (Å²) in [5.41, 5.74) is 4.78. The standard InChI is InChI=1S/C25H23N3O2/c29-25(27-22-12-7-9-18-8-1-2-10-20(18)22)21-11-3-4-13-23(21)30-17-19-16-28-15-6-5-14-24(28)26-19/h1-6,8,10-11,13-16,22H,7,9,12,17H2,(H,27,29)/t22-/m1/s1. The van der Waals surface area contributed by atoms with Gasteiger partial charge in [-0.1, -0.05) is 42.5 Å². The van der Waals surface area contributed by atoms with Crippen LogP contribution in [0, 0.1) is 0 Å². The lowest BCUT2D eigenvalue weighted by atomic mass is 9.87. The Balaban J connectivity index is 1.32. The second kappa shape index (κ2) is 8.03. The van der Waals surface area contributed by atoms with Crippen LogP contribution in [0.5, 0.6) is 5.75 Å². The van der Waals surface area contributed by atoms with Crippen LogP contribution in [0.2, 0.25) is 0 Å². The van der Waals surface area contributed by atoms with E-state index in [9.17, 15) is 4.79 Å². The Kier molecular flexibility index (Phi) is 4.93. The van der Waals surface area contributed by atoms with E-state index < -0.39 is 0 Å². The van der Waals surface area contributed by atoms with Gasteiger partial charge in [0, 0.05) is 12.4 Å². The van der Waals surface area contributed by atoms with E-state index in [1.54, 1.807) is 0 Å². The molecule has 0 saturated carbocycles. The maximum atomic E-state index is 13.1. The number of fused-ring (bicyclic) bond motifs is 2. The Morgan fingerprint density at radius 3 is 2.83 bits per heavy atom. The molecule has 1 aliphatic carbocycles. The number of para-hydroxylation sites is 1. The molecule has 0 radical (unpaired) electrons. The summed E-state index contributed by atoms with van der Waals surface area (Å²) in [5, 5.41) is 3.21. The van der Waals surface area contributed by atoms with Crippen molar-refractivity contribution >= 4 is 11.6 Å². The summed E-state index contributed by atoms with van der Waals surface area (Å²) >= 11 is 0. The molecule has 2 heterocycles. The SMILES string of the molecule is O=C(N[C@@H]1CCCc2ccccc21)c1ccccc1OCc1cn2ccccc2n1. The maximum Gasteiger partial charge on any atom is 0.255 e. The summed E-state index contributed by atoms with van der Waals surface area (Å²) in [4.78, 5) is 17.6. The van der Waals surface area contributed by atoms with Crippen molar-refractivity contribution < 1.29 is 9.53 Å². The highest BCUT2D eigenvalue weighted by Gasteiger charge is 2.23. The number of imidazole rings is 1. The molecule has 1 amide bonds. The van der Waals surface area contributed by atoms with Gasteiger partial charge < -0.3 is 14.5 Å². The maximum absolute atomic E-state index is 13.1. The van der Waals surface area contributed by atoms with E-state index in [2.05, 4.69) is 28.5 Å². The fraction of sp³-hybridized carbons (Fsp3) is 0.200. The molecule has 150 valence electrons. The van der Waals surface area contributed by atoms with Crippen LogP contribution in [0.15, 0.2) is 79.1 Å². The van der Waals surface area contributed by atoms with Gasteiger partial charge in [0.05, 0.1) is 17.3 Å². The van der Waals surface area contributed by atoms with Gasteiger partial charge in [-0.3, -0.25) is 4.79 Å². The van der Waals surface area contributed by atoms with Crippen LogP contribution in [0.25, 0.3) is 5.65 Å². The molecule has 2 aromatic heterocycles. The van der Waals surface area contributed by atoms with E-state index in [1.165, 1.54) is 11.1 Å². The van der Waals surface area contributed by atoms with Crippen molar-refractivity contribution in [3.63, 3.8) is 0 Å². The molecule has 1 N–H and O–H groups in total. The first-order valence-electron chi connectivity index (χ1n) is 10.3. The van der Waals surface area contributed by atoms with Gasteiger partial charge in [-0.15, -0.1) is 0 Å². The molecule has 1 atom stereocenters. The molecule has 0 aliphatic heterocycles. The van der Waals surface area contributed by atoms with Gasteiger partial charge in [0.25, 0.3) is 5.91 Å². The highest BCUT2D eigenvalue weighted by atomic mass is 16.5. The number of nitrogens with one attached hydrogen (secondary N) is 1. The minimum Gasteiger partial charge on any atom is -0.486 e. The quantitative estimate of drug-likeness (QED) is 0.530. The normalized spacial score (nSPS) is 15.5. The number of benzene rings is 2. The third-order valence-corrected chi connectivity index (χ3v) is 5.60. The van der Waals surface area contributed by atoms with Crippen LogP contribution in [-0.2, 0) is 13.0 Å². The topological polar surface area (TPSA) is 55.6 Å². The lowest BCUT2D eigenvalue weighted by Crippen LogP contribution is -2.31. The summed E-state index contributed by atoms with van der Waals surface area (Å²) in [5.74, 6) is 0.457. The summed E-state index contributed by atoms with van der Waals surface area (Å²) in [6.07, 6.45) is 6.99. The zero-order valence-electron chi connectivity index (χ0n) is 16.6. The van der Waals surface area contributed by atoms with Gasteiger partial charge in [0.2, 0.25) is 0 Å². The summed E-state index contributed by atoms with van der Waals surface area (Å²) in [6.45, 7) is 0.304. The highest BCUT2D eigenvalue weighted by Crippen LogP contribution is 2.30. The predicted molar refractivity (Wildman–Crippen MR) is 116 cm³/mol. The third kappa shape index (κ3) is 3.66. The van der Waals surface area contributed by atoms with E-state index in [1.807, 2.05) is 65.3 Å². The van der Waals surface area contributed by atoms with Crippen molar-refractivity contribution in [3.8, 4) is 5.75 Å². The first kappa shape index (κ1) is 18.4. The number of pyridine rings is 1. The average Bonchev–Trinajstić information content (AvgIpc) is 3.21. The van der Waals surface area contributed by atoms with Crippen LogP contribution in [0.4, 0.5) is 0 Å². The third-order valence-electron chi connectivity index (χ3n) is 5.60. The number of carbonyl (C=O) groups excluding carboxylic acids is 1. The molecule has 0 bridgehead atoms. The molecule has 2 aromatic carbocycles. The number of hydrogen-bond donors (Lipinski definition) is 1. The number of nitrogens with zero attached hydrogens (tertiary/aromatic N) is 2. The molecule has 1 aliphatic rings. The molecule has 0 unspecified atom stereocenters. The van der Waals surface area contributed by atoms with Crippen LogP contribution in [0.3, 0.4) is 0 Å². The molecule has 30 heavy (non-hydrogen) atoms. The highest BCUT2D eigenvalue weighted by molar-refractivity contribution is 5.97. The zero-order valence-corrected chi connectivity index (χ0v) is 16.6. The Morgan fingerprint density at radius 2 is 1.90 bits per heavy atom. The molecule has 0 spiro atoms. The van der Waals surface area contributed by atoms with Gasteiger partial charge in [-0.25, -0.2) is 4.98 Å². The molecule has 0 fully saturated rings. The molecular formula is C25H23N3O2. The van der Waals surface area contributed by atoms with E-state index in [-0.39, 0.29) is 11.9 Å². The van der Waals surface area contributed by atoms with Gasteiger partial charge in [-0.05, 0) is 54.7 Å². The van der Waals surface area contributed by atoms with Crippen LogP contribution in [-0.4, -0.2) is 15.3 Å². The van der Waals surface area contributed by atoms with Crippen molar-refractivity contribution in [1.29, 1.82) is 0 Å². The minimum absolute atomic E-state index is 0.0361. The van der Waals surface area contributed by atoms with E-state index in [4.69, 9.17) is 4.74 Å². The summed E-state index contributed by atoms with van der Waals surface area (Å²) < 4.78 is 7.95. The molecule has 5 rings (SSSR count). The monoisotopic (exact) mass is 397 g/mol. The fourth-order valence-corrected chi connectivity index (χ4v) is 4.13. The van der Waals surface area contributed by atoms with Crippen molar-refractivity contribution in [1.82, 2.24) is 14.7 Å². The van der Waals surface area contributed by atoms with E-state index in [0.717, 1.165) is 30.6 Å². The van der Waals surface area contributed by atoms with Crippen LogP contribution in [0.1, 0.15) is 46.1 Å². The lowest BCUT2D eigenvalue weighted by molar-refractivity contribution is 0.0928. The Hall–Kier alpha value is -3.60. The van der Waals surface area contributed by atoms with Gasteiger partial charge in [0.1, 0.15) is 18.0 Å². The molecule has 5 heteroatoms. The number of ether oxygens (including phenoxy) is 1. The lowest BCUT2D eigenvalue weighted by Gasteiger charge is -2.26. The van der Waals surface area contributed by atoms with E-state index in [0.29, 0.717) is 17.9 Å². The first-order chi connectivity index (χ1) is 14.8. The zero-order chi connectivity index (χ0) is 20.3. The van der Waals surface area contributed by atoms with E-state index >= 15 is 0 Å². The van der Waals surface area contributed by atoms with Crippen molar-refractivity contribution in [2.45, 2.75) is 31.9 Å². The number of aromatic nitrogens is 2. The van der Waals surface area contributed by atoms with Gasteiger partial charge in [-0.2, -0.15) is 0 Å². The van der Waals surface area contributed by atoms with Gasteiger partial charge >= 0.3 is 0 Å². The Morgan fingerprint density at radius 1 is 1.07 bits per heavy atom. The Labute approximate surface area is 175 Å². The number of rotatable bonds is 5. The molecular weight excluding hydrogens is 374 g/mol. The van der Waals surface area contributed by atoms with Crippen molar-refractivity contribution in [2.24, 2.45) is 0 Å². The molecule has 5 nitrogen and oxygen atoms in total. The number of amides is 1. The predicted octanol–water partition coefficient (Wildman–Crippen LogP) is 4.72. The van der Waals surface area contributed by atoms with Crippen molar-refractivity contribution in [3.05, 3.63) is 102 Å². The fourth-order valence-electron chi connectivity index (χ4n) is 4.13. The first-order valence-corrected chi connectivity index (χ1v) is 10.3. The minimum atomic E-state index is -0.109. The number of carbonyl (C=O) groups is 1. The average molecular weight is 397 g/mol. The molecule has 4 aromatic rings. The second-order valence-corrected chi connectivity index (χ2v) is 7.60. The van der Waals surface area contributed by atoms with Crippen LogP contribution >= 0.6 is 0 Å². The smallest absolute Gasteiger partial charge is 0.255 e. The van der Waals surface area contributed by atoms with Crippen LogP contribution < -0.4 is 10.1 Å². The summed E-state index contributed by atoms with van der Waals surface area (Å²) in [6, 6.07) is 21.7. The van der Waals surface area contributed by atoms with Crippen molar-refractivity contribution in [2.75, 3.05) is 0 Å². The Bertz CT molecular complexity index is 1160. The second-order valence-electron chi connectivity index (χ2n) is 7.60. The summed E-state index contributed by atoms with van der Waals surface area (Å²) in [7, 11) is 0. The number of hydrogen-bond acceptors (Lipinski definition) is 3. The molecule has 0 saturated heterocycles. The number of aryl methyl sites for hydroxylation is 1. The largest absolute Gasteiger partial charge is 0.486 e.